The molecule has 1 heterocycles. The van der Waals surface area contributed by atoms with Crippen molar-refractivity contribution < 1.29 is 13.2 Å². The van der Waals surface area contributed by atoms with Crippen molar-refractivity contribution in [3.8, 4) is 0 Å². The molecule has 3 rings (SSSR count). The quantitative estimate of drug-likeness (QED) is 0.358. The lowest BCUT2D eigenvalue weighted by atomic mass is 10.2. The first-order valence-corrected chi connectivity index (χ1v) is 12.7. The smallest absolute Gasteiger partial charge is 0.243 e. The Labute approximate surface area is 195 Å². The van der Waals surface area contributed by atoms with Crippen molar-refractivity contribution in [2.24, 2.45) is 0 Å². The van der Waals surface area contributed by atoms with Crippen molar-refractivity contribution in [3.63, 3.8) is 0 Å². The van der Waals surface area contributed by atoms with Crippen molar-refractivity contribution in [1.82, 2.24) is 9.21 Å². The van der Waals surface area contributed by atoms with Crippen LogP contribution >= 0.6 is 27.3 Å². The molecule has 0 unspecified atom stereocenters. The van der Waals surface area contributed by atoms with Crippen molar-refractivity contribution in [2.45, 2.75) is 18.0 Å². The summed E-state index contributed by atoms with van der Waals surface area (Å²) < 4.78 is 28.3. The van der Waals surface area contributed by atoms with E-state index in [0.29, 0.717) is 13.1 Å². The zero-order chi connectivity index (χ0) is 22.3. The summed E-state index contributed by atoms with van der Waals surface area (Å²) in [4.78, 5) is 16.1. The molecular formula is C23H23BrN2O3S2. The number of hydrogen-bond acceptors (Lipinski definition) is 4. The molecule has 1 aromatic heterocycles. The zero-order valence-electron chi connectivity index (χ0n) is 16.9. The van der Waals surface area contributed by atoms with E-state index >= 15 is 0 Å². The predicted molar refractivity (Wildman–Crippen MR) is 128 cm³/mol. The molecule has 8 heteroatoms. The van der Waals surface area contributed by atoms with Gasteiger partial charge >= 0.3 is 0 Å². The fourth-order valence-corrected chi connectivity index (χ4v) is 5.37. The summed E-state index contributed by atoms with van der Waals surface area (Å²) in [5.74, 6) is -0.264. The highest BCUT2D eigenvalue weighted by Gasteiger charge is 2.28. The lowest BCUT2D eigenvalue weighted by molar-refractivity contribution is -0.132. The van der Waals surface area contributed by atoms with Gasteiger partial charge < -0.3 is 4.90 Å². The molecule has 0 fully saturated rings. The summed E-state index contributed by atoms with van der Waals surface area (Å²) in [6.45, 7) is 4.27. The molecule has 0 aliphatic carbocycles. The Morgan fingerprint density at radius 1 is 1.00 bits per heavy atom. The van der Waals surface area contributed by atoms with E-state index in [1.165, 1.54) is 18.2 Å². The van der Waals surface area contributed by atoms with Gasteiger partial charge in [-0.3, -0.25) is 4.79 Å². The van der Waals surface area contributed by atoms with E-state index in [1.807, 2.05) is 47.8 Å². The van der Waals surface area contributed by atoms with E-state index in [9.17, 15) is 13.2 Å². The second kappa shape index (κ2) is 10.9. The Kier molecular flexibility index (Phi) is 8.20. The summed E-state index contributed by atoms with van der Waals surface area (Å²) in [7, 11) is -3.85. The minimum atomic E-state index is -3.85. The molecule has 1 amide bonds. The highest BCUT2D eigenvalue weighted by molar-refractivity contribution is 9.10. The van der Waals surface area contributed by atoms with Gasteiger partial charge in [0.2, 0.25) is 15.9 Å². The number of nitrogens with zero attached hydrogens (tertiary/aromatic N) is 2. The van der Waals surface area contributed by atoms with Crippen LogP contribution in [0.25, 0.3) is 0 Å². The van der Waals surface area contributed by atoms with Gasteiger partial charge in [0.15, 0.2) is 0 Å². The Balaban J connectivity index is 1.84. The van der Waals surface area contributed by atoms with Crippen LogP contribution in [0.1, 0.15) is 10.4 Å². The SMILES string of the molecule is C=CCN(CC(=O)N(Cc1ccccc1)Cc1cccs1)S(=O)(=O)c1ccc(Br)cc1. The van der Waals surface area contributed by atoms with Crippen LogP contribution in [0.5, 0.6) is 0 Å². The third kappa shape index (κ3) is 6.36. The van der Waals surface area contributed by atoms with Gasteiger partial charge in [0.05, 0.1) is 18.0 Å². The Bertz CT molecular complexity index is 1100. The molecule has 31 heavy (non-hydrogen) atoms. The van der Waals surface area contributed by atoms with E-state index in [0.717, 1.165) is 19.2 Å². The van der Waals surface area contributed by atoms with E-state index in [2.05, 4.69) is 22.5 Å². The Morgan fingerprint density at radius 3 is 2.32 bits per heavy atom. The van der Waals surface area contributed by atoms with E-state index in [-0.39, 0.29) is 23.9 Å². The van der Waals surface area contributed by atoms with Gasteiger partial charge in [-0.05, 0) is 41.3 Å². The number of thiophene rings is 1. The van der Waals surface area contributed by atoms with Gasteiger partial charge in [-0.1, -0.05) is 58.4 Å². The molecule has 2 aromatic carbocycles. The van der Waals surface area contributed by atoms with Gasteiger partial charge in [0.25, 0.3) is 0 Å². The number of halogens is 1. The average Bonchev–Trinajstić information content (AvgIpc) is 3.27. The maximum atomic E-state index is 13.3. The molecule has 0 saturated heterocycles. The molecule has 0 bridgehead atoms. The molecule has 0 aliphatic rings. The minimum Gasteiger partial charge on any atom is -0.332 e. The Morgan fingerprint density at radius 2 is 1.71 bits per heavy atom. The molecule has 0 atom stereocenters. The lowest BCUT2D eigenvalue weighted by Crippen LogP contribution is -2.42. The van der Waals surface area contributed by atoms with E-state index in [4.69, 9.17) is 0 Å². The van der Waals surface area contributed by atoms with Crippen LogP contribution in [0.3, 0.4) is 0 Å². The molecular weight excluding hydrogens is 496 g/mol. The van der Waals surface area contributed by atoms with Gasteiger partial charge in [-0.2, -0.15) is 4.31 Å². The number of sulfonamides is 1. The number of rotatable bonds is 10. The minimum absolute atomic E-state index is 0.0440. The first kappa shape index (κ1) is 23.4. The number of carbonyl (C=O) groups is 1. The first-order valence-electron chi connectivity index (χ1n) is 9.61. The molecule has 0 radical (unpaired) electrons. The molecule has 0 saturated carbocycles. The molecule has 0 aliphatic heterocycles. The van der Waals surface area contributed by atoms with Crippen molar-refractivity contribution in [2.75, 3.05) is 13.1 Å². The Hall–Kier alpha value is -2.26. The molecule has 162 valence electrons. The van der Waals surface area contributed by atoms with Crippen molar-refractivity contribution in [3.05, 3.63) is 99.7 Å². The number of benzene rings is 2. The van der Waals surface area contributed by atoms with Crippen molar-refractivity contribution in [1.29, 1.82) is 0 Å². The summed E-state index contributed by atoms with van der Waals surface area (Å²) >= 11 is 4.88. The van der Waals surface area contributed by atoms with Crippen molar-refractivity contribution >= 4 is 43.2 Å². The second-order valence-electron chi connectivity index (χ2n) is 6.85. The summed E-state index contributed by atoms with van der Waals surface area (Å²) in [6.07, 6.45) is 1.49. The third-order valence-electron chi connectivity index (χ3n) is 4.59. The van der Waals surface area contributed by atoms with Crippen LogP contribution in [0.15, 0.2) is 94.1 Å². The second-order valence-corrected chi connectivity index (χ2v) is 10.7. The van der Waals surface area contributed by atoms with Crippen LogP contribution < -0.4 is 0 Å². The van der Waals surface area contributed by atoms with Gasteiger partial charge in [0.1, 0.15) is 0 Å². The molecule has 0 N–H and O–H groups in total. The normalized spacial score (nSPS) is 11.4. The topological polar surface area (TPSA) is 57.7 Å². The number of amides is 1. The van der Waals surface area contributed by atoms with E-state index in [1.54, 1.807) is 28.4 Å². The van der Waals surface area contributed by atoms with Gasteiger partial charge in [-0.15, -0.1) is 17.9 Å². The maximum absolute atomic E-state index is 13.3. The average molecular weight is 519 g/mol. The molecule has 0 spiro atoms. The summed E-state index contributed by atoms with van der Waals surface area (Å²) in [5.41, 5.74) is 0.985. The molecule has 3 aromatic rings. The highest BCUT2D eigenvalue weighted by atomic mass is 79.9. The summed E-state index contributed by atoms with van der Waals surface area (Å²) in [6, 6.07) is 20.0. The molecule has 5 nitrogen and oxygen atoms in total. The monoisotopic (exact) mass is 518 g/mol. The largest absolute Gasteiger partial charge is 0.332 e. The first-order chi connectivity index (χ1) is 14.9. The van der Waals surface area contributed by atoms with E-state index < -0.39 is 10.0 Å². The maximum Gasteiger partial charge on any atom is 0.243 e. The van der Waals surface area contributed by atoms with Crippen LogP contribution in [0, 0.1) is 0 Å². The van der Waals surface area contributed by atoms with Gasteiger partial charge in [0, 0.05) is 22.4 Å². The number of hydrogen-bond donors (Lipinski definition) is 0. The standard InChI is InChI=1S/C23H23BrN2O3S2/c1-2-14-26(31(28,29)22-12-10-20(24)11-13-22)18-23(27)25(17-21-9-6-15-30-21)16-19-7-4-3-5-8-19/h2-13,15H,1,14,16-18H2. The van der Waals surface area contributed by atoms with Gasteiger partial charge in [-0.25, -0.2) is 8.42 Å². The number of carbonyl (C=O) groups excluding carboxylic acids is 1. The fourth-order valence-electron chi connectivity index (χ4n) is 3.02. The predicted octanol–water partition coefficient (Wildman–Crippen LogP) is 4.92. The fraction of sp³-hybridized carbons (Fsp3) is 0.174. The zero-order valence-corrected chi connectivity index (χ0v) is 20.1. The van der Waals surface area contributed by atoms with Crippen LogP contribution in [-0.4, -0.2) is 36.6 Å². The summed E-state index contributed by atoms with van der Waals surface area (Å²) in [5, 5.41) is 1.96. The highest BCUT2D eigenvalue weighted by Crippen LogP contribution is 2.20. The lowest BCUT2D eigenvalue weighted by Gasteiger charge is -2.26. The van der Waals surface area contributed by atoms with Crippen LogP contribution in [0.2, 0.25) is 0 Å². The van der Waals surface area contributed by atoms with Crippen LogP contribution in [-0.2, 0) is 27.9 Å². The third-order valence-corrected chi connectivity index (χ3v) is 7.81. The van der Waals surface area contributed by atoms with Crippen LogP contribution in [0.4, 0.5) is 0 Å².